The third-order valence-corrected chi connectivity index (χ3v) is 6.88. The number of fused-ring (bicyclic) bond motifs is 1. The molecule has 4 N–H and O–H groups in total. The second-order valence-electron chi connectivity index (χ2n) is 8.09. The highest BCUT2D eigenvalue weighted by atomic mass is 31.2. The van der Waals surface area contributed by atoms with Crippen molar-refractivity contribution in [3.63, 3.8) is 0 Å². The van der Waals surface area contributed by atoms with Crippen molar-refractivity contribution in [1.29, 1.82) is 0 Å². The molecule has 2 aromatic heterocycles. The Balaban J connectivity index is 1.67. The summed E-state index contributed by atoms with van der Waals surface area (Å²) in [6, 6.07) is 13.8. The molecule has 0 unspecified atom stereocenters. The molecule has 0 saturated heterocycles. The first-order valence-electron chi connectivity index (χ1n) is 10.2. The summed E-state index contributed by atoms with van der Waals surface area (Å²) in [5, 5.41) is 4.38. The number of nitrogens with one attached hydrogen (secondary N) is 2. The highest BCUT2D eigenvalue weighted by molar-refractivity contribution is 7.70. The van der Waals surface area contributed by atoms with Gasteiger partial charge in [-0.25, -0.2) is 4.98 Å². The number of nitrogens with zero attached hydrogens (tertiary/aromatic N) is 2. The van der Waals surface area contributed by atoms with E-state index in [2.05, 4.69) is 20.3 Å². The minimum Gasteiger partial charge on any atom is -0.369 e. The summed E-state index contributed by atoms with van der Waals surface area (Å²) >= 11 is 0. The highest BCUT2D eigenvalue weighted by Gasteiger charge is 2.39. The number of aromatic nitrogens is 3. The predicted molar refractivity (Wildman–Crippen MR) is 126 cm³/mol. The van der Waals surface area contributed by atoms with Crippen molar-refractivity contribution in [3.8, 4) is 11.3 Å². The van der Waals surface area contributed by atoms with Crippen LogP contribution in [0.15, 0.2) is 54.7 Å². The largest absolute Gasteiger partial charge is 0.422 e. The lowest BCUT2D eigenvalue weighted by atomic mass is 10.1. The van der Waals surface area contributed by atoms with Crippen LogP contribution in [0.2, 0.25) is 0 Å². The van der Waals surface area contributed by atoms with Gasteiger partial charge in [0, 0.05) is 34.5 Å². The Morgan fingerprint density at radius 2 is 1.76 bits per heavy atom. The van der Waals surface area contributed by atoms with E-state index in [4.69, 9.17) is 5.73 Å². The number of para-hydroxylation sites is 1. The van der Waals surface area contributed by atoms with E-state index in [1.807, 2.05) is 30.5 Å². The van der Waals surface area contributed by atoms with Gasteiger partial charge in [0.15, 0.2) is 0 Å². The molecule has 0 atom stereocenters. The van der Waals surface area contributed by atoms with Crippen molar-refractivity contribution in [2.45, 2.75) is 12.6 Å². The second kappa shape index (κ2) is 8.56. The number of hydrogen-bond donors (Lipinski definition) is 3. The van der Waals surface area contributed by atoms with Gasteiger partial charge in [-0.05, 0) is 31.4 Å². The summed E-state index contributed by atoms with van der Waals surface area (Å²) in [5.74, 6) is -0.640. The lowest BCUT2D eigenvalue weighted by molar-refractivity contribution is -0.136. The highest BCUT2D eigenvalue weighted by Crippen LogP contribution is 2.41. The van der Waals surface area contributed by atoms with Crippen molar-refractivity contribution in [2.75, 3.05) is 30.9 Å². The van der Waals surface area contributed by atoms with Crippen LogP contribution < -0.4 is 16.4 Å². The molecule has 0 amide bonds. The van der Waals surface area contributed by atoms with E-state index in [1.54, 1.807) is 25.5 Å². The van der Waals surface area contributed by atoms with E-state index >= 15 is 0 Å². The Labute approximate surface area is 188 Å². The smallest absolute Gasteiger partial charge is 0.369 e. The van der Waals surface area contributed by atoms with Crippen molar-refractivity contribution in [1.82, 2.24) is 15.0 Å². The number of alkyl halides is 3. The lowest BCUT2D eigenvalue weighted by Gasteiger charge is -2.18. The minimum absolute atomic E-state index is 0.216. The van der Waals surface area contributed by atoms with Crippen LogP contribution in [0.5, 0.6) is 0 Å². The maximum atomic E-state index is 14.1. The average Bonchev–Trinajstić information content (AvgIpc) is 3.15. The molecule has 4 aromatic rings. The fourth-order valence-corrected chi connectivity index (χ4v) is 4.58. The lowest BCUT2D eigenvalue weighted by Crippen LogP contribution is -2.18. The molecule has 0 radical (unpaired) electrons. The summed E-state index contributed by atoms with van der Waals surface area (Å²) < 4.78 is 54.5. The van der Waals surface area contributed by atoms with E-state index in [0.29, 0.717) is 11.7 Å². The van der Waals surface area contributed by atoms with Crippen LogP contribution in [-0.4, -0.2) is 34.8 Å². The van der Waals surface area contributed by atoms with Gasteiger partial charge in [-0.2, -0.15) is 18.2 Å². The van der Waals surface area contributed by atoms with Crippen LogP contribution >= 0.6 is 7.14 Å². The average molecular weight is 473 g/mol. The Morgan fingerprint density at radius 3 is 2.42 bits per heavy atom. The zero-order valence-corrected chi connectivity index (χ0v) is 19.0. The van der Waals surface area contributed by atoms with Crippen LogP contribution in [0.25, 0.3) is 22.2 Å². The molecule has 33 heavy (non-hydrogen) atoms. The summed E-state index contributed by atoms with van der Waals surface area (Å²) in [7, 11) is -2.54. The minimum atomic E-state index is -4.71. The van der Waals surface area contributed by atoms with Crippen LogP contribution in [0.1, 0.15) is 11.1 Å². The third kappa shape index (κ3) is 4.88. The maximum Gasteiger partial charge on any atom is 0.422 e. The Bertz CT molecular complexity index is 1340. The molecule has 4 rings (SSSR count). The quantitative estimate of drug-likeness (QED) is 0.338. The van der Waals surface area contributed by atoms with Gasteiger partial charge in [-0.15, -0.1) is 0 Å². The number of hydrogen-bond acceptors (Lipinski definition) is 5. The molecule has 0 bridgehead atoms. The molecule has 0 aliphatic rings. The van der Waals surface area contributed by atoms with Gasteiger partial charge in [-0.3, -0.25) is 0 Å². The number of halogens is 3. The van der Waals surface area contributed by atoms with Crippen molar-refractivity contribution >= 4 is 35.1 Å². The Morgan fingerprint density at radius 1 is 1.06 bits per heavy atom. The van der Waals surface area contributed by atoms with Gasteiger partial charge in [-0.1, -0.05) is 42.5 Å². The first kappa shape index (κ1) is 22.9. The molecule has 2 aromatic carbocycles. The molecule has 0 fully saturated rings. The number of H-pyrrole nitrogens is 1. The number of nitrogen functional groups attached to an aromatic ring is 1. The standard InChI is InChI=1S/C23H23F3N5OP/c1-33(2,32)16-9-7-14(8-10-16)20-19(23(24,25)26)21(31-22(27)30-20)28-12-11-15-13-29-18-6-4-3-5-17(15)18/h3-10,13,29H,11-12H2,1-2H3,(H3,27,28,30,31). The third-order valence-electron chi connectivity index (χ3n) is 5.33. The Kier molecular flexibility index (Phi) is 5.93. The zero-order chi connectivity index (χ0) is 23.8. The van der Waals surface area contributed by atoms with Gasteiger partial charge >= 0.3 is 6.18 Å². The van der Waals surface area contributed by atoms with E-state index < -0.39 is 18.9 Å². The van der Waals surface area contributed by atoms with Gasteiger partial charge in [0.25, 0.3) is 0 Å². The fourth-order valence-electron chi connectivity index (χ4n) is 3.72. The van der Waals surface area contributed by atoms with Crippen LogP contribution in [-0.2, 0) is 17.2 Å². The molecule has 2 heterocycles. The normalized spacial score (nSPS) is 12.3. The fraction of sp³-hybridized carbons (Fsp3) is 0.217. The zero-order valence-electron chi connectivity index (χ0n) is 18.1. The first-order valence-corrected chi connectivity index (χ1v) is 12.8. The van der Waals surface area contributed by atoms with Crippen LogP contribution in [0.3, 0.4) is 0 Å². The molecule has 172 valence electrons. The van der Waals surface area contributed by atoms with Crippen LogP contribution in [0, 0.1) is 0 Å². The summed E-state index contributed by atoms with van der Waals surface area (Å²) in [5.41, 5.74) is 6.62. The number of anilines is 2. The topological polar surface area (TPSA) is 96.7 Å². The summed E-state index contributed by atoms with van der Waals surface area (Å²) in [6.07, 6.45) is -2.38. The van der Waals surface area contributed by atoms with Crippen molar-refractivity contribution in [3.05, 3.63) is 65.9 Å². The first-order chi connectivity index (χ1) is 15.5. The molecule has 0 aliphatic carbocycles. The number of aromatic amines is 1. The van der Waals surface area contributed by atoms with E-state index in [0.717, 1.165) is 16.5 Å². The molecule has 0 saturated carbocycles. The second-order valence-corrected chi connectivity index (χ2v) is 11.3. The number of benzene rings is 2. The van der Waals surface area contributed by atoms with Crippen molar-refractivity contribution in [2.24, 2.45) is 0 Å². The predicted octanol–water partition coefficient (Wildman–Crippen LogP) is 5.13. The van der Waals surface area contributed by atoms with Gasteiger partial charge in [0.1, 0.15) is 18.5 Å². The monoisotopic (exact) mass is 473 g/mol. The molecule has 0 aliphatic heterocycles. The molecule has 6 nitrogen and oxygen atoms in total. The molecular weight excluding hydrogens is 450 g/mol. The van der Waals surface area contributed by atoms with E-state index in [-0.39, 0.29) is 29.6 Å². The van der Waals surface area contributed by atoms with Gasteiger partial charge in [0.05, 0.1) is 5.69 Å². The Hall–Kier alpha value is -3.32. The number of rotatable bonds is 6. The van der Waals surface area contributed by atoms with E-state index in [9.17, 15) is 17.7 Å². The maximum absolute atomic E-state index is 14.1. The van der Waals surface area contributed by atoms with Gasteiger partial charge in [0.2, 0.25) is 5.95 Å². The molecular formula is C23H23F3N5OP. The van der Waals surface area contributed by atoms with Crippen LogP contribution in [0.4, 0.5) is 24.9 Å². The summed E-state index contributed by atoms with van der Waals surface area (Å²) in [6.45, 7) is 3.41. The van der Waals surface area contributed by atoms with Crippen molar-refractivity contribution < 1.29 is 17.7 Å². The molecule has 10 heteroatoms. The summed E-state index contributed by atoms with van der Waals surface area (Å²) in [4.78, 5) is 10.9. The molecule has 0 spiro atoms. The van der Waals surface area contributed by atoms with Gasteiger partial charge < -0.3 is 20.6 Å². The van der Waals surface area contributed by atoms with E-state index in [1.165, 1.54) is 12.1 Å². The SMILES string of the molecule is CP(C)(=O)c1ccc(-c2nc(N)nc(NCCc3c[nH]c4ccccc34)c2C(F)(F)F)cc1. The number of nitrogens with two attached hydrogens (primary N) is 1.